The van der Waals surface area contributed by atoms with Crippen molar-refractivity contribution in [3.63, 3.8) is 0 Å². The van der Waals surface area contributed by atoms with Crippen LogP contribution in [0.4, 0.5) is 10.5 Å². The van der Waals surface area contributed by atoms with Crippen molar-refractivity contribution in [2.45, 2.75) is 20.4 Å². The van der Waals surface area contributed by atoms with E-state index in [0.29, 0.717) is 29.1 Å². The molecule has 0 spiro atoms. The summed E-state index contributed by atoms with van der Waals surface area (Å²) in [5.74, 6) is -0.144. The van der Waals surface area contributed by atoms with Gasteiger partial charge in [-0.3, -0.25) is 9.59 Å². The molecular weight excluding hydrogens is 408 g/mol. The zero-order chi connectivity index (χ0) is 22.9. The van der Waals surface area contributed by atoms with E-state index in [2.05, 4.69) is 10.6 Å². The van der Waals surface area contributed by atoms with Crippen LogP contribution in [0.15, 0.2) is 72.8 Å². The first-order chi connectivity index (χ1) is 15.4. The van der Waals surface area contributed by atoms with Gasteiger partial charge in [-0.1, -0.05) is 29.8 Å². The zero-order valence-electron chi connectivity index (χ0n) is 17.9. The van der Waals surface area contributed by atoms with Crippen LogP contribution in [0, 0.1) is 6.92 Å². The van der Waals surface area contributed by atoms with E-state index in [-0.39, 0.29) is 18.4 Å². The lowest BCUT2D eigenvalue weighted by Gasteiger charge is -2.09. The van der Waals surface area contributed by atoms with Gasteiger partial charge in [0.1, 0.15) is 5.75 Å². The van der Waals surface area contributed by atoms with E-state index in [1.807, 2.05) is 31.2 Å². The predicted octanol–water partition coefficient (Wildman–Crippen LogP) is 4.71. The molecule has 2 amide bonds. The van der Waals surface area contributed by atoms with Crippen molar-refractivity contribution in [3.05, 3.63) is 95.1 Å². The molecule has 0 saturated carbocycles. The van der Waals surface area contributed by atoms with Crippen molar-refractivity contribution < 1.29 is 23.9 Å². The molecule has 0 aliphatic heterocycles. The van der Waals surface area contributed by atoms with Crippen molar-refractivity contribution in [2.24, 2.45) is 0 Å². The van der Waals surface area contributed by atoms with Crippen LogP contribution in [-0.2, 0) is 11.3 Å². The minimum atomic E-state index is -0.789. The normalized spacial score (nSPS) is 10.2. The molecule has 0 radical (unpaired) electrons. The number of carbonyl (C=O) groups excluding carboxylic acids is 3. The van der Waals surface area contributed by atoms with Crippen molar-refractivity contribution in [2.75, 3.05) is 11.9 Å². The molecule has 0 aliphatic rings. The third kappa shape index (κ3) is 6.43. The van der Waals surface area contributed by atoms with E-state index < -0.39 is 6.16 Å². The maximum atomic E-state index is 12.3. The molecule has 0 unspecified atom stereocenters. The van der Waals surface area contributed by atoms with Gasteiger partial charge in [0.05, 0.1) is 6.61 Å². The minimum Gasteiger partial charge on any atom is -0.434 e. The first-order valence-corrected chi connectivity index (χ1v) is 10.1. The predicted molar refractivity (Wildman–Crippen MR) is 121 cm³/mol. The van der Waals surface area contributed by atoms with Gasteiger partial charge in [0.15, 0.2) is 0 Å². The van der Waals surface area contributed by atoms with E-state index in [1.165, 1.54) is 12.1 Å². The Bertz CT molecular complexity index is 1070. The number of benzene rings is 3. The Balaban J connectivity index is 1.50. The van der Waals surface area contributed by atoms with Gasteiger partial charge in [-0.15, -0.1) is 0 Å². The third-order valence-corrected chi connectivity index (χ3v) is 4.56. The Hall–Kier alpha value is -4.13. The molecule has 32 heavy (non-hydrogen) atoms. The fraction of sp³-hybridized carbons (Fsp3) is 0.160. The first kappa shape index (κ1) is 22.6. The van der Waals surface area contributed by atoms with Crippen LogP contribution in [0.5, 0.6) is 5.75 Å². The summed E-state index contributed by atoms with van der Waals surface area (Å²) in [7, 11) is 0. The molecule has 2 N–H and O–H groups in total. The van der Waals surface area contributed by atoms with Crippen molar-refractivity contribution in [1.82, 2.24) is 5.32 Å². The number of ether oxygens (including phenoxy) is 2. The van der Waals surface area contributed by atoms with Gasteiger partial charge in [-0.2, -0.15) is 0 Å². The highest BCUT2D eigenvalue weighted by atomic mass is 16.7. The molecule has 3 aromatic rings. The molecule has 0 bridgehead atoms. The van der Waals surface area contributed by atoms with Gasteiger partial charge in [-0.25, -0.2) is 4.79 Å². The van der Waals surface area contributed by atoms with Gasteiger partial charge >= 0.3 is 6.16 Å². The van der Waals surface area contributed by atoms with Gasteiger partial charge in [0.25, 0.3) is 11.8 Å². The topological polar surface area (TPSA) is 93.7 Å². The molecular formula is C25H24N2O5. The van der Waals surface area contributed by atoms with Crippen LogP contribution in [0.3, 0.4) is 0 Å². The molecule has 3 aromatic carbocycles. The summed E-state index contributed by atoms with van der Waals surface area (Å²) in [6.07, 6.45) is -0.789. The Morgan fingerprint density at radius 2 is 1.38 bits per heavy atom. The number of nitrogens with one attached hydrogen (secondary N) is 2. The zero-order valence-corrected chi connectivity index (χ0v) is 17.9. The van der Waals surface area contributed by atoms with Gasteiger partial charge < -0.3 is 20.1 Å². The molecule has 0 atom stereocenters. The first-order valence-electron chi connectivity index (χ1n) is 10.1. The smallest absolute Gasteiger partial charge is 0.434 e. The van der Waals surface area contributed by atoms with Crippen LogP contribution < -0.4 is 15.4 Å². The lowest BCUT2D eigenvalue weighted by molar-refractivity contribution is 0.0950. The number of anilines is 1. The molecule has 3 rings (SSSR count). The molecule has 0 aliphatic carbocycles. The van der Waals surface area contributed by atoms with Crippen LogP contribution in [0.25, 0.3) is 0 Å². The van der Waals surface area contributed by atoms with Crippen molar-refractivity contribution in [3.8, 4) is 5.75 Å². The van der Waals surface area contributed by atoms with Gasteiger partial charge in [0.2, 0.25) is 0 Å². The number of carbonyl (C=O) groups is 3. The number of amides is 2. The molecule has 0 fully saturated rings. The maximum absolute atomic E-state index is 12.3. The highest BCUT2D eigenvalue weighted by Crippen LogP contribution is 2.14. The molecule has 0 saturated heterocycles. The Morgan fingerprint density at radius 3 is 2.00 bits per heavy atom. The van der Waals surface area contributed by atoms with Crippen LogP contribution >= 0.6 is 0 Å². The highest BCUT2D eigenvalue weighted by Gasteiger charge is 2.09. The van der Waals surface area contributed by atoms with Crippen molar-refractivity contribution >= 4 is 23.7 Å². The Labute approximate surface area is 186 Å². The van der Waals surface area contributed by atoms with E-state index in [0.717, 1.165) is 11.1 Å². The second-order valence-corrected chi connectivity index (χ2v) is 7.01. The maximum Gasteiger partial charge on any atom is 0.513 e. The molecule has 0 aromatic heterocycles. The summed E-state index contributed by atoms with van der Waals surface area (Å²) in [5.41, 5.74) is 3.67. The minimum absolute atomic E-state index is 0.179. The number of rotatable bonds is 7. The lowest BCUT2D eigenvalue weighted by atomic mass is 10.1. The largest absolute Gasteiger partial charge is 0.513 e. The number of aryl methyl sites for hydroxylation is 1. The van der Waals surface area contributed by atoms with Crippen LogP contribution in [0.2, 0.25) is 0 Å². The molecule has 7 heteroatoms. The molecule has 164 valence electrons. The average molecular weight is 432 g/mol. The van der Waals surface area contributed by atoms with E-state index in [4.69, 9.17) is 9.47 Å². The van der Waals surface area contributed by atoms with Crippen LogP contribution in [-0.4, -0.2) is 24.6 Å². The summed E-state index contributed by atoms with van der Waals surface area (Å²) < 4.78 is 9.67. The summed E-state index contributed by atoms with van der Waals surface area (Å²) in [5, 5.41) is 5.68. The summed E-state index contributed by atoms with van der Waals surface area (Å²) >= 11 is 0. The van der Waals surface area contributed by atoms with Crippen LogP contribution in [0.1, 0.15) is 38.8 Å². The van der Waals surface area contributed by atoms with Crippen molar-refractivity contribution in [1.29, 1.82) is 0 Å². The summed E-state index contributed by atoms with van der Waals surface area (Å²) in [6.45, 7) is 4.20. The second-order valence-electron chi connectivity index (χ2n) is 7.01. The summed E-state index contributed by atoms with van der Waals surface area (Å²) in [4.78, 5) is 36.0. The number of hydrogen-bond acceptors (Lipinski definition) is 5. The lowest BCUT2D eigenvalue weighted by Crippen LogP contribution is -2.22. The molecule has 7 nitrogen and oxygen atoms in total. The van der Waals surface area contributed by atoms with E-state index in [1.54, 1.807) is 43.3 Å². The fourth-order valence-electron chi connectivity index (χ4n) is 2.82. The summed E-state index contributed by atoms with van der Waals surface area (Å²) in [6, 6.07) is 20.8. The Kier molecular flexibility index (Phi) is 7.59. The van der Waals surface area contributed by atoms with E-state index >= 15 is 0 Å². The monoisotopic (exact) mass is 432 g/mol. The second kappa shape index (κ2) is 10.8. The standard InChI is InChI=1S/C25H24N2O5/c1-3-31-25(30)32-22-14-10-19(11-15-22)23(28)26-16-18-6-12-21(13-7-18)27-24(29)20-8-4-17(2)5-9-20/h4-15H,3,16H2,1-2H3,(H,26,28)(H,27,29). The number of hydrogen-bond donors (Lipinski definition) is 2. The van der Waals surface area contributed by atoms with E-state index in [9.17, 15) is 14.4 Å². The average Bonchev–Trinajstić information content (AvgIpc) is 2.79. The molecule has 0 heterocycles. The third-order valence-electron chi connectivity index (χ3n) is 4.56. The quantitative estimate of drug-likeness (QED) is 0.416. The van der Waals surface area contributed by atoms with Gasteiger partial charge in [-0.05, 0) is 67.9 Å². The SMILES string of the molecule is CCOC(=O)Oc1ccc(C(=O)NCc2ccc(NC(=O)c3ccc(C)cc3)cc2)cc1. The Morgan fingerprint density at radius 1 is 0.781 bits per heavy atom. The fourth-order valence-corrected chi connectivity index (χ4v) is 2.82. The van der Waals surface area contributed by atoms with Gasteiger partial charge in [0, 0.05) is 23.4 Å². The highest BCUT2D eigenvalue weighted by molar-refractivity contribution is 6.04.